The first-order chi connectivity index (χ1) is 14.6. The van der Waals surface area contributed by atoms with Crippen LogP contribution >= 0.6 is 15.9 Å². The molecule has 0 saturated carbocycles. The Morgan fingerprint density at radius 2 is 1.57 bits per heavy atom. The Balaban J connectivity index is 1.62. The average molecular weight is 463 g/mol. The van der Waals surface area contributed by atoms with Crippen LogP contribution in [0.3, 0.4) is 0 Å². The fourth-order valence-corrected chi connectivity index (χ4v) is 4.92. The third-order valence-electron chi connectivity index (χ3n) is 5.87. The number of para-hydroxylation sites is 2. The number of ketones is 1. The quantitative estimate of drug-likeness (QED) is 0.452. The number of hydrogen-bond acceptors (Lipinski definition) is 3. The molecular formula is C25H20BrFN2O. The van der Waals surface area contributed by atoms with Gasteiger partial charge in [-0.1, -0.05) is 58.4 Å². The van der Waals surface area contributed by atoms with Gasteiger partial charge in [0, 0.05) is 22.2 Å². The van der Waals surface area contributed by atoms with Crippen molar-refractivity contribution in [1.82, 2.24) is 0 Å². The monoisotopic (exact) mass is 462 g/mol. The maximum Gasteiger partial charge on any atom is 0.163 e. The number of allylic oxidation sites excluding steroid dienone is 1. The van der Waals surface area contributed by atoms with Crippen molar-refractivity contribution in [3.63, 3.8) is 0 Å². The van der Waals surface area contributed by atoms with Crippen molar-refractivity contribution in [2.75, 3.05) is 10.6 Å². The SMILES string of the molecule is O=C1CC(c2ccc(F)cc2)CC2=C1C(c1ccccc1Br)Nc1ccccc1N2. The summed E-state index contributed by atoms with van der Waals surface area (Å²) in [6.07, 6.45) is 1.11. The Hall–Kier alpha value is -2.92. The molecule has 1 heterocycles. The highest BCUT2D eigenvalue weighted by atomic mass is 79.9. The van der Waals surface area contributed by atoms with E-state index in [1.165, 1.54) is 12.1 Å². The maximum absolute atomic E-state index is 13.5. The van der Waals surface area contributed by atoms with E-state index in [9.17, 15) is 9.18 Å². The van der Waals surface area contributed by atoms with Crippen molar-refractivity contribution in [1.29, 1.82) is 0 Å². The zero-order valence-electron chi connectivity index (χ0n) is 16.2. The van der Waals surface area contributed by atoms with Crippen LogP contribution in [-0.2, 0) is 4.79 Å². The number of halogens is 2. The molecule has 1 aliphatic carbocycles. The molecule has 0 bridgehead atoms. The summed E-state index contributed by atoms with van der Waals surface area (Å²) >= 11 is 3.66. The number of Topliss-reactive ketones (excluding diaryl/α,β-unsaturated/α-hetero) is 1. The zero-order chi connectivity index (χ0) is 20.7. The molecule has 0 radical (unpaired) electrons. The molecule has 5 heteroatoms. The third-order valence-corrected chi connectivity index (χ3v) is 6.59. The molecule has 0 fully saturated rings. The Kier molecular flexibility index (Phi) is 4.91. The van der Waals surface area contributed by atoms with E-state index in [0.29, 0.717) is 12.8 Å². The number of hydrogen-bond donors (Lipinski definition) is 2. The minimum atomic E-state index is -0.263. The molecule has 3 nitrogen and oxygen atoms in total. The van der Waals surface area contributed by atoms with Crippen LogP contribution in [0.25, 0.3) is 0 Å². The molecule has 0 amide bonds. The summed E-state index contributed by atoms with van der Waals surface area (Å²) in [5.41, 5.74) is 5.62. The first-order valence-corrected chi connectivity index (χ1v) is 10.8. The first-order valence-electron chi connectivity index (χ1n) is 9.99. The smallest absolute Gasteiger partial charge is 0.163 e. The number of benzene rings is 3. The van der Waals surface area contributed by atoms with Gasteiger partial charge in [0.1, 0.15) is 5.82 Å². The van der Waals surface area contributed by atoms with Crippen molar-refractivity contribution in [2.45, 2.75) is 24.8 Å². The van der Waals surface area contributed by atoms with Crippen LogP contribution in [0, 0.1) is 5.82 Å². The van der Waals surface area contributed by atoms with Crippen LogP contribution < -0.4 is 10.6 Å². The Labute approximate surface area is 183 Å². The third kappa shape index (κ3) is 3.43. The van der Waals surface area contributed by atoms with Crippen molar-refractivity contribution in [2.24, 2.45) is 0 Å². The number of rotatable bonds is 2. The highest BCUT2D eigenvalue weighted by molar-refractivity contribution is 9.10. The van der Waals surface area contributed by atoms with Gasteiger partial charge in [0.05, 0.1) is 17.4 Å². The molecule has 150 valence electrons. The van der Waals surface area contributed by atoms with Gasteiger partial charge in [-0.2, -0.15) is 0 Å². The van der Waals surface area contributed by atoms with E-state index in [1.54, 1.807) is 12.1 Å². The molecule has 1 aliphatic heterocycles. The average Bonchev–Trinajstić information content (AvgIpc) is 2.91. The second-order valence-corrected chi connectivity index (χ2v) is 8.60. The van der Waals surface area contributed by atoms with Gasteiger partial charge in [0.15, 0.2) is 5.78 Å². The largest absolute Gasteiger partial charge is 0.372 e. The molecule has 30 heavy (non-hydrogen) atoms. The molecule has 3 aromatic rings. The topological polar surface area (TPSA) is 41.1 Å². The molecule has 5 rings (SSSR count). The summed E-state index contributed by atoms with van der Waals surface area (Å²) in [6.45, 7) is 0. The summed E-state index contributed by atoms with van der Waals surface area (Å²) in [6, 6.07) is 22.2. The van der Waals surface area contributed by atoms with Crippen molar-refractivity contribution in [3.8, 4) is 0 Å². The van der Waals surface area contributed by atoms with Gasteiger partial charge in [-0.15, -0.1) is 0 Å². The predicted octanol–water partition coefficient (Wildman–Crippen LogP) is 6.57. The molecule has 0 aromatic heterocycles. The number of carbonyl (C=O) groups excluding carboxylic acids is 1. The fourth-order valence-electron chi connectivity index (χ4n) is 4.41. The van der Waals surface area contributed by atoms with Gasteiger partial charge < -0.3 is 10.6 Å². The molecule has 2 N–H and O–H groups in total. The summed E-state index contributed by atoms with van der Waals surface area (Å²) in [7, 11) is 0. The fraction of sp³-hybridized carbons (Fsp3) is 0.160. The molecule has 0 saturated heterocycles. The molecule has 0 spiro atoms. The van der Waals surface area contributed by atoms with Crippen molar-refractivity contribution in [3.05, 3.63) is 105 Å². The van der Waals surface area contributed by atoms with Crippen molar-refractivity contribution < 1.29 is 9.18 Å². The number of fused-ring (bicyclic) bond motifs is 1. The van der Waals surface area contributed by atoms with Gasteiger partial charge in [0.25, 0.3) is 0 Å². The van der Waals surface area contributed by atoms with Crippen LogP contribution in [0.2, 0.25) is 0 Å². The van der Waals surface area contributed by atoms with E-state index in [-0.39, 0.29) is 23.6 Å². The van der Waals surface area contributed by atoms with E-state index in [2.05, 4.69) is 26.6 Å². The lowest BCUT2D eigenvalue weighted by molar-refractivity contribution is -0.116. The highest BCUT2D eigenvalue weighted by Gasteiger charge is 2.36. The molecule has 2 aliphatic rings. The Morgan fingerprint density at radius 1 is 0.867 bits per heavy atom. The Morgan fingerprint density at radius 3 is 2.33 bits per heavy atom. The maximum atomic E-state index is 13.5. The van der Waals surface area contributed by atoms with Gasteiger partial charge in [-0.05, 0) is 53.8 Å². The molecule has 3 aromatic carbocycles. The van der Waals surface area contributed by atoms with E-state index in [4.69, 9.17) is 0 Å². The van der Waals surface area contributed by atoms with E-state index in [1.807, 2.05) is 48.5 Å². The predicted molar refractivity (Wildman–Crippen MR) is 121 cm³/mol. The number of anilines is 2. The minimum Gasteiger partial charge on any atom is -0.372 e. The Bertz CT molecular complexity index is 1160. The number of nitrogens with one attached hydrogen (secondary N) is 2. The van der Waals surface area contributed by atoms with E-state index >= 15 is 0 Å². The van der Waals surface area contributed by atoms with Crippen LogP contribution in [-0.4, -0.2) is 5.78 Å². The lowest BCUT2D eigenvalue weighted by Gasteiger charge is -2.30. The van der Waals surface area contributed by atoms with Crippen LogP contribution in [0.5, 0.6) is 0 Å². The number of carbonyl (C=O) groups is 1. The van der Waals surface area contributed by atoms with Gasteiger partial charge in [0.2, 0.25) is 0 Å². The lowest BCUT2D eigenvalue weighted by Crippen LogP contribution is -2.27. The second-order valence-electron chi connectivity index (χ2n) is 7.74. The van der Waals surface area contributed by atoms with E-state index in [0.717, 1.165) is 38.2 Å². The summed E-state index contributed by atoms with van der Waals surface area (Å²) in [5.74, 6) is -0.130. The normalized spacial score (nSPS) is 20.5. The van der Waals surface area contributed by atoms with E-state index < -0.39 is 0 Å². The summed E-state index contributed by atoms with van der Waals surface area (Å²) in [4.78, 5) is 13.5. The zero-order valence-corrected chi connectivity index (χ0v) is 17.7. The molecule has 2 unspecified atom stereocenters. The van der Waals surface area contributed by atoms with Gasteiger partial charge in [-0.3, -0.25) is 4.79 Å². The van der Waals surface area contributed by atoms with Crippen molar-refractivity contribution >= 4 is 33.1 Å². The van der Waals surface area contributed by atoms with Crippen LogP contribution in [0.1, 0.15) is 35.9 Å². The standard InChI is InChI=1S/C25H20BrFN2O/c26-19-6-2-1-5-18(19)25-24-22(28-20-7-3-4-8-21(20)29-25)13-16(14-23(24)30)15-9-11-17(27)12-10-15/h1-12,16,25,28-29H,13-14H2. The molecular weight excluding hydrogens is 443 g/mol. The first kappa shape index (κ1) is 19.1. The minimum absolute atomic E-state index is 0.0227. The molecule has 2 atom stereocenters. The highest BCUT2D eigenvalue weighted by Crippen LogP contribution is 2.45. The summed E-state index contributed by atoms with van der Waals surface area (Å²) in [5, 5.41) is 7.12. The second kappa shape index (κ2) is 7.73. The van der Waals surface area contributed by atoms with Crippen LogP contribution in [0.4, 0.5) is 15.8 Å². The summed E-state index contributed by atoms with van der Waals surface area (Å²) < 4.78 is 14.4. The van der Waals surface area contributed by atoms with Gasteiger partial charge >= 0.3 is 0 Å². The lowest BCUT2D eigenvalue weighted by atomic mass is 9.78. The van der Waals surface area contributed by atoms with Crippen LogP contribution in [0.15, 0.2) is 88.5 Å². The van der Waals surface area contributed by atoms with Gasteiger partial charge in [-0.25, -0.2) is 4.39 Å².